The first-order chi connectivity index (χ1) is 12.4. The molecule has 0 bridgehead atoms. The van der Waals surface area contributed by atoms with Crippen LogP contribution in [0.3, 0.4) is 0 Å². The SMILES string of the molecule is Cc1cccc(NC(=O)CCC(=O)OCC(=O)Nc2cccc(C)c2)c1. The number of benzene rings is 2. The maximum atomic E-state index is 11.8. The lowest BCUT2D eigenvalue weighted by Gasteiger charge is -2.08. The van der Waals surface area contributed by atoms with Crippen molar-refractivity contribution in [3.63, 3.8) is 0 Å². The van der Waals surface area contributed by atoms with E-state index in [1.54, 1.807) is 12.1 Å². The number of esters is 1. The van der Waals surface area contributed by atoms with Crippen molar-refractivity contribution in [2.75, 3.05) is 17.2 Å². The van der Waals surface area contributed by atoms with Crippen molar-refractivity contribution in [2.45, 2.75) is 26.7 Å². The van der Waals surface area contributed by atoms with Crippen LogP contribution in [0, 0.1) is 13.8 Å². The van der Waals surface area contributed by atoms with E-state index in [-0.39, 0.29) is 25.4 Å². The number of anilines is 2. The Morgan fingerprint density at radius 1 is 0.808 bits per heavy atom. The summed E-state index contributed by atoms with van der Waals surface area (Å²) >= 11 is 0. The average Bonchev–Trinajstić information content (AvgIpc) is 2.58. The molecule has 0 saturated heterocycles. The van der Waals surface area contributed by atoms with Gasteiger partial charge in [-0.3, -0.25) is 14.4 Å². The van der Waals surface area contributed by atoms with Crippen LogP contribution in [0.5, 0.6) is 0 Å². The number of ether oxygens (including phenoxy) is 1. The van der Waals surface area contributed by atoms with Crippen LogP contribution in [0.15, 0.2) is 48.5 Å². The van der Waals surface area contributed by atoms with E-state index in [4.69, 9.17) is 4.74 Å². The Balaban J connectivity index is 1.68. The molecule has 2 N–H and O–H groups in total. The molecule has 2 amide bonds. The summed E-state index contributed by atoms with van der Waals surface area (Å²) in [6.07, 6.45) is -0.0956. The molecule has 0 radical (unpaired) electrons. The Bertz CT molecular complexity index is 736. The minimum absolute atomic E-state index is 0.00766. The topological polar surface area (TPSA) is 84.5 Å². The van der Waals surface area contributed by atoms with Crippen molar-refractivity contribution in [1.82, 2.24) is 0 Å². The van der Waals surface area contributed by atoms with E-state index in [0.29, 0.717) is 11.4 Å². The molecule has 0 unspecified atom stereocenters. The molecule has 0 atom stereocenters. The van der Waals surface area contributed by atoms with Gasteiger partial charge in [-0.25, -0.2) is 0 Å². The lowest BCUT2D eigenvalue weighted by Crippen LogP contribution is -2.21. The van der Waals surface area contributed by atoms with Crippen LogP contribution >= 0.6 is 0 Å². The second-order valence-corrected chi connectivity index (χ2v) is 6.00. The summed E-state index contributed by atoms with van der Waals surface area (Å²) in [5, 5.41) is 5.36. The molecule has 0 heterocycles. The van der Waals surface area contributed by atoms with E-state index < -0.39 is 11.9 Å². The third-order valence-electron chi connectivity index (χ3n) is 3.52. The van der Waals surface area contributed by atoms with E-state index >= 15 is 0 Å². The number of rotatable bonds is 7. The third kappa shape index (κ3) is 6.76. The average molecular weight is 354 g/mol. The van der Waals surface area contributed by atoms with Crippen molar-refractivity contribution in [3.8, 4) is 0 Å². The number of carbonyl (C=O) groups excluding carboxylic acids is 3. The molecule has 0 spiro atoms. The van der Waals surface area contributed by atoms with E-state index in [9.17, 15) is 14.4 Å². The summed E-state index contributed by atoms with van der Waals surface area (Å²) in [5.41, 5.74) is 3.37. The first kappa shape index (κ1) is 19.2. The molecule has 6 nitrogen and oxygen atoms in total. The van der Waals surface area contributed by atoms with E-state index in [1.807, 2.05) is 50.2 Å². The molecule has 2 aromatic rings. The minimum Gasteiger partial charge on any atom is -0.456 e. The van der Waals surface area contributed by atoms with E-state index in [2.05, 4.69) is 10.6 Å². The lowest BCUT2D eigenvalue weighted by atomic mass is 10.2. The van der Waals surface area contributed by atoms with Crippen molar-refractivity contribution < 1.29 is 19.1 Å². The van der Waals surface area contributed by atoms with Crippen molar-refractivity contribution in [3.05, 3.63) is 59.7 Å². The molecule has 0 saturated carbocycles. The highest BCUT2D eigenvalue weighted by Gasteiger charge is 2.11. The smallest absolute Gasteiger partial charge is 0.306 e. The fourth-order valence-electron chi connectivity index (χ4n) is 2.30. The molecule has 0 aromatic heterocycles. The molecular weight excluding hydrogens is 332 g/mol. The zero-order valence-corrected chi connectivity index (χ0v) is 14.9. The zero-order chi connectivity index (χ0) is 18.9. The first-order valence-corrected chi connectivity index (χ1v) is 8.31. The molecule has 0 aliphatic heterocycles. The van der Waals surface area contributed by atoms with Gasteiger partial charge in [-0.1, -0.05) is 24.3 Å². The maximum absolute atomic E-state index is 11.8. The maximum Gasteiger partial charge on any atom is 0.306 e. The van der Waals surface area contributed by atoms with Gasteiger partial charge in [0.1, 0.15) is 0 Å². The number of nitrogens with one attached hydrogen (secondary N) is 2. The largest absolute Gasteiger partial charge is 0.456 e. The van der Waals surface area contributed by atoms with Crippen LogP contribution in [-0.2, 0) is 19.1 Å². The highest BCUT2D eigenvalue weighted by Crippen LogP contribution is 2.11. The predicted molar refractivity (Wildman–Crippen MR) is 99.8 cm³/mol. The van der Waals surface area contributed by atoms with Gasteiger partial charge in [-0.15, -0.1) is 0 Å². The molecule has 2 rings (SSSR count). The fourth-order valence-corrected chi connectivity index (χ4v) is 2.30. The van der Waals surface area contributed by atoms with Crippen LogP contribution in [0.2, 0.25) is 0 Å². The first-order valence-electron chi connectivity index (χ1n) is 8.31. The van der Waals surface area contributed by atoms with Crippen LogP contribution in [0.25, 0.3) is 0 Å². The monoisotopic (exact) mass is 354 g/mol. The Morgan fingerprint density at radius 3 is 1.88 bits per heavy atom. The summed E-state index contributed by atoms with van der Waals surface area (Å²) in [7, 11) is 0. The second-order valence-electron chi connectivity index (χ2n) is 6.00. The van der Waals surface area contributed by atoms with Crippen molar-refractivity contribution in [1.29, 1.82) is 0 Å². The molecule has 2 aromatic carbocycles. The lowest BCUT2D eigenvalue weighted by molar-refractivity contribution is -0.147. The van der Waals surface area contributed by atoms with Gasteiger partial charge < -0.3 is 15.4 Å². The van der Waals surface area contributed by atoms with Gasteiger partial charge in [0.15, 0.2) is 6.61 Å². The Labute approximate surface area is 152 Å². The standard InChI is InChI=1S/C20H22N2O4/c1-14-5-3-7-16(11-14)21-18(23)9-10-20(25)26-13-19(24)22-17-8-4-6-15(2)12-17/h3-8,11-12H,9-10,13H2,1-2H3,(H,21,23)(H,22,24). The molecule has 26 heavy (non-hydrogen) atoms. The Hall–Kier alpha value is -3.15. The molecule has 0 aliphatic rings. The van der Waals surface area contributed by atoms with Gasteiger partial charge in [-0.2, -0.15) is 0 Å². The van der Waals surface area contributed by atoms with Gasteiger partial charge in [-0.05, 0) is 49.2 Å². The Morgan fingerprint density at radius 2 is 1.35 bits per heavy atom. The van der Waals surface area contributed by atoms with Crippen LogP contribution in [-0.4, -0.2) is 24.4 Å². The molecule has 136 valence electrons. The zero-order valence-electron chi connectivity index (χ0n) is 14.9. The molecule has 0 aliphatic carbocycles. The summed E-state index contributed by atoms with van der Waals surface area (Å²) < 4.78 is 4.90. The van der Waals surface area contributed by atoms with Crippen LogP contribution < -0.4 is 10.6 Å². The van der Waals surface area contributed by atoms with E-state index in [0.717, 1.165) is 11.1 Å². The van der Waals surface area contributed by atoms with Crippen molar-refractivity contribution >= 4 is 29.2 Å². The van der Waals surface area contributed by atoms with Crippen LogP contribution in [0.1, 0.15) is 24.0 Å². The Kier molecular flexibility index (Phi) is 6.91. The molecule has 6 heteroatoms. The highest BCUT2D eigenvalue weighted by molar-refractivity contribution is 5.94. The van der Waals surface area contributed by atoms with Gasteiger partial charge in [0.2, 0.25) is 5.91 Å². The number of carbonyl (C=O) groups is 3. The minimum atomic E-state index is -0.594. The van der Waals surface area contributed by atoms with Gasteiger partial charge >= 0.3 is 5.97 Å². The number of aryl methyl sites for hydroxylation is 2. The number of hydrogen-bond acceptors (Lipinski definition) is 4. The summed E-state index contributed by atoms with van der Waals surface area (Å²) in [6, 6.07) is 14.7. The molecular formula is C20H22N2O4. The highest BCUT2D eigenvalue weighted by atomic mass is 16.5. The second kappa shape index (κ2) is 9.36. The predicted octanol–water partition coefficient (Wildman–Crippen LogP) is 3.20. The summed E-state index contributed by atoms with van der Waals surface area (Å²) in [5.74, 6) is -1.30. The van der Waals surface area contributed by atoms with Gasteiger partial charge in [0.25, 0.3) is 5.91 Å². The van der Waals surface area contributed by atoms with Crippen LogP contribution in [0.4, 0.5) is 11.4 Å². The van der Waals surface area contributed by atoms with E-state index in [1.165, 1.54) is 0 Å². The van der Waals surface area contributed by atoms with Gasteiger partial charge in [0, 0.05) is 17.8 Å². The normalized spacial score (nSPS) is 10.1. The van der Waals surface area contributed by atoms with Crippen molar-refractivity contribution in [2.24, 2.45) is 0 Å². The number of hydrogen-bond donors (Lipinski definition) is 2. The quantitative estimate of drug-likeness (QED) is 0.748. The fraction of sp³-hybridized carbons (Fsp3) is 0.250. The van der Waals surface area contributed by atoms with Gasteiger partial charge in [0.05, 0.1) is 6.42 Å². The third-order valence-corrected chi connectivity index (χ3v) is 3.52. The summed E-state index contributed by atoms with van der Waals surface area (Å²) in [4.78, 5) is 35.3. The summed E-state index contributed by atoms with van der Waals surface area (Å²) in [6.45, 7) is 3.46. The molecule has 0 fully saturated rings. The number of amides is 2.